The number of β-amino-alcohol motifs (C(OH)–C–C–N with tert-alkyl or cyclic N) is 1. The predicted molar refractivity (Wildman–Crippen MR) is 135 cm³/mol. The molecule has 0 aliphatic carbocycles. The van der Waals surface area contributed by atoms with E-state index >= 15 is 0 Å². The first-order chi connectivity index (χ1) is 14.3. The summed E-state index contributed by atoms with van der Waals surface area (Å²) in [5.41, 5.74) is -0.880. The molecule has 9 nitrogen and oxygen atoms in total. The highest BCUT2D eigenvalue weighted by molar-refractivity contribution is 14.0. The Morgan fingerprint density at radius 1 is 1.26 bits per heavy atom. The Morgan fingerprint density at radius 3 is 2.61 bits per heavy atom. The van der Waals surface area contributed by atoms with Gasteiger partial charge in [-0.3, -0.25) is 19.6 Å². The molecule has 2 rings (SSSR count). The third kappa shape index (κ3) is 10.2. The minimum Gasteiger partial charge on any atom is -0.387 e. The average molecular weight is 555 g/mol. The Morgan fingerprint density at radius 2 is 1.97 bits per heavy atom. The van der Waals surface area contributed by atoms with Crippen molar-refractivity contribution in [2.24, 2.45) is 4.99 Å². The maximum Gasteiger partial charge on any atom is 0.239 e. The van der Waals surface area contributed by atoms with Crippen LogP contribution in [0.3, 0.4) is 0 Å². The van der Waals surface area contributed by atoms with Crippen molar-refractivity contribution < 1.29 is 14.6 Å². The van der Waals surface area contributed by atoms with E-state index in [4.69, 9.17) is 4.74 Å². The molecule has 2 aliphatic rings. The second kappa shape index (κ2) is 14.5. The summed E-state index contributed by atoms with van der Waals surface area (Å²) in [7, 11) is 3.65. The SMILES string of the molecule is CCNC(=NCC(C)(O)CN1CCOCC1)NCCCN1CCCC1C(=O)N(C)C.I. The standard InChI is InChI=1S/C21H42N6O3.HI/c1-5-22-20(24-16-21(2,29)17-26-12-14-30-15-13-26)23-9-7-11-27-10-6-8-18(27)19(28)25(3)4;/h18,29H,5-17H2,1-4H3,(H2,22,23,24);1H. The molecule has 2 aliphatic heterocycles. The number of carbonyl (C=O) groups excluding carboxylic acids is 1. The molecule has 2 unspecified atom stereocenters. The van der Waals surface area contributed by atoms with Crippen molar-refractivity contribution in [1.29, 1.82) is 0 Å². The van der Waals surface area contributed by atoms with Crippen LogP contribution >= 0.6 is 24.0 Å². The predicted octanol–water partition coefficient (Wildman–Crippen LogP) is 0.185. The molecule has 2 saturated heterocycles. The van der Waals surface area contributed by atoms with Gasteiger partial charge in [-0.05, 0) is 39.7 Å². The Labute approximate surface area is 205 Å². The lowest BCUT2D eigenvalue weighted by atomic mass is 10.1. The number of guanidine groups is 1. The largest absolute Gasteiger partial charge is 0.387 e. The summed E-state index contributed by atoms with van der Waals surface area (Å²) in [6.45, 7) is 11.4. The van der Waals surface area contributed by atoms with E-state index in [9.17, 15) is 9.90 Å². The summed E-state index contributed by atoms with van der Waals surface area (Å²) in [5, 5.41) is 17.3. The van der Waals surface area contributed by atoms with E-state index in [0.717, 1.165) is 77.7 Å². The Balaban J connectivity index is 0.00000480. The zero-order valence-corrected chi connectivity index (χ0v) is 22.1. The Kier molecular flexibility index (Phi) is 13.2. The number of aliphatic imine (C=N–C) groups is 1. The number of halogens is 1. The number of ether oxygens (including phenoxy) is 1. The molecular weight excluding hydrogens is 511 g/mol. The number of hydrogen-bond donors (Lipinski definition) is 3. The van der Waals surface area contributed by atoms with Gasteiger partial charge in [-0.2, -0.15) is 0 Å². The summed E-state index contributed by atoms with van der Waals surface area (Å²) < 4.78 is 5.37. The van der Waals surface area contributed by atoms with Crippen LogP contribution in [0.2, 0.25) is 0 Å². The first kappa shape index (κ1) is 28.3. The first-order valence-corrected chi connectivity index (χ1v) is 11.3. The second-order valence-corrected chi connectivity index (χ2v) is 8.79. The fraction of sp³-hybridized carbons (Fsp3) is 0.905. The minimum atomic E-state index is -0.880. The van der Waals surface area contributed by atoms with Crippen LogP contribution in [0.1, 0.15) is 33.1 Å². The van der Waals surface area contributed by atoms with Crippen LogP contribution < -0.4 is 10.6 Å². The van der Waals surface area contributed by atoms with E-state index in [1.54, 1.807) is 4.90 Å². The minimum absolute atomic E-state index is 0. The van der Waals surface area contributed by atoms with Gasteiger partial charge in [0, 0.05) is 53.4 Å². The molecule has 182 valence electrons. The van der Waals surface area contributed by atoms with E-state index in [1.165, 1.54) is 0 Å². The van der Waals surface area contributed by atoms with Crippen LogP contribution in [0.15, 0.2) is 4.99 Å². The van der Waals surface area contributed by atoms with E-state index < -0.39 is 5.60 Å². The highest BCUT2D eigenvalue weighted by atomic mass is 127. The summed E-state index contributed by atoms with van der Waals surface area (Å²) >= 11 is 0. The molecule has 0 radical (unpaired) electrons. The van der Waals surface area contributed by atoms with E-state index in [-0.39, 0.29) is 35.9 Å². The Hall–Kier alpha value is -0.690. The number of hydrogen-bond acceptors (Lipinski definition) is 6. The molecule has 31 heavy (non-hydrogen) atoms. The van der Waals surface area contributed by atoms with Crippen LogP contribution in [0.5, 0.6) is 0 Å². The van der Waals surface area contributed by atoms with Gasteiger partial charge in [0.15, 0.2) is 5.96 Å². The molecule has 2 fully saturated rings. The van der Waals surface area contributed by atoms with E-state index in [2.05, 4.69) is 25.4 Å². The van der Waals surface area contributed by atoms with Gasteiger partial charge in [-0.15, -0.1) is 24.0 Å². The normalized spacial score (nSPS) is 22.5. The molecule has 0 aromatic rings. The summed E-state index contributed by atoms with van der Waals surface area (Å²) in [5.74, 6) is 0.931. The van der Waals surface area contributed by atoms with Crippen LogP contribution in [-0.2, 0) is 9.53 Å². The topological polar surface area (TPSA) is 92.7 Å². The number of rotatable bonds is 10. The number of nitrogens with zero attached hydrogens (tertiary/aromatic N) is 4. The van der Waals surface area contributed by atoms with Crippen molar-refractivity contribution in [3.8, 4) is 0 Å². The third-order valence-electron chi connectivity index (χ3n) is 5.59. The van der Waals surface area contributed by atoms with Gasteiger partial charge in [0.25, 0.3) is 0 Å². The number of likely N-dealkylation sites (tertiary alicyclic amines) is 1. The lowest BCUT2D eigenvalue weighted by molar-refractivity contribution is -0.133. The molecule has 3 N–H and O–H groups in total. The van der Waals surface area contributed by atoms with Gasteiger partial charge in [-0.1, -0.05) is 0 Å². The molecule has 2 heterocycles. The number of aliphatic hydroxyl groups is 1. The fourth-order valence-electron chi connectivity index (χ4n) is 4.04. The van der Waals surface area contributed by atoms with Gasteiger partial charge >= 0.3 is 0 Å². The number of likely N-dealkylation sites (N-methyl/N-ethyl adjacent to an activating group) is 1. The maximum atomic E-state index is 12.3. The number of morpholine rings is 1. The van der Waals surface area contributed by atoms with Crippen molar-refractivity contribution in [1.82, 2.24) is 25.3 Å². The molecule has 0 saturated carbocycles. The van der Waals surface area contributed by atoms with Gasteiger partial charge in [0.1, 0.15) is 0 Å². The van der Waals surface area contributed by atoms with Gasteiger partial charge in [-0.25, -0.2) is 0 Å². The van der Waals surface area contributed by atoms with Crippen molar-refractivity contribution >= 4 is 35.8 Å². The molecule has 0 bridgehead atoms. The summed E-state index contributed by atoms with van der Waals surface area (Å²) in [4.78, 5) is 23.1. The van der Waals surface area contributed by atoms with Gasteiger partial charge in [0.05, 0.1) is 31.4 Å². The molecule has 0 spiro atoms. The third-order valence-corrected chi connectivity index (χ3v) is 5.59. The molecular formula is C21H43IN6O3. The second-order valence-electron chi connectivity index (χ2n) is 8.79. The highest BCUT2D eigenvalue weighted by Crippen LogP contribution is 2.18. The van der Waals surface area contributed by atoms with Gasteiger partial charge in [0.2, 0.25) is 5.91 Å². The van der Waals surface area contributed by atoms with Crippen LogP contribution in [-0.4, -0.2) is 123 Å². The maximum absolute atomic E-state index is 12.3. The van der Waals surface area contributed by atoms with E-state index in [1.807, 2.05) is 27.9 Å². The quantitative estimate of drug-likeness (QED) is 0.154. The zero-order valence-electron chi connectivity index (χ0n) is 19.7. The number of nitrogens with one attached hydrogen (secondary N) is 2. The zero-order chi connectivity index (χ0) is 22.0. The number of carbonyl (C=O) groups is 1. The first-order valence-electron chi connectivity index (χ1n) is 11.3. The van der Waals surface area contributed by atoms with Crippen LogP contribution in [0.25, 0.3) is 0 Å². The average Bonchev–Trinajstić information content (AvgIpc) is 3.17. The fourth-order valence-corrected chi connectivity index (χ4v) is 4.04. The van der Waals surface area contributed by atoms with Gasteiger partial charge < -0.3 is 25.4 Å². The lowest BCUT2D eigenvalue weighted by Gasteiger charge is -2.33. The Bertz CT molecular complexity index is 555. The molecule has 0 aromatic carbocycles. The van der Waals surface area contributed by atoms with Crippen LogP contribution in [0.4, 0.5) is 0 Å². The highest BCUT2D eigenvalue weighted by Gasteiger charge is 2.31. The number of amides is 1. The van der Waals surface area contributed by atoms with Crippen molar-refractivity contribution in [2.45, 2.75) is 44.8 Å². The summed E-state index contributed by atoms with van der Waals surface area (Å²) in [6, 6.07) is 0.0252. The van der Waals surface area contributed by atoms with Crippen LogP contribution in [0, 0.1) is 0 Å². The lowest BCUT2D eigenvalue weighted by Crippen LogP contribution is -2.48. The monoisotopic (exact) mass is 554 g/mol. The molecule has 10 heteroatoms. The van der Waals surface area contributed by atoms with E-state index in [0.29, 0.717) is 13.1 Å². The summed E-state index contributed by atoms with van der Waals surface area (Å²) in [6.07, 6.45) is 2.97. The van der Waals surface area contributed by atoms with Crippen molar-refractivity contribution in [3.63, 3.8) is 0 Å². The molecule has 1 amide bonds. The molecule has 0 aromatic heterocycles. The van der Waals surface area contributed by atoms with Crippen molar-refractivity contribution in [2.75, 3.05) is 79.7 Å². The van der Waals surface area contributed by atoms with Crippen molar-refractivity contribution in [3.05, 3.63) is 0 Å². The molecule has 2 atom stereocenters. The smallest absolute Gasteiger partial charge is 0.239 e.